The van der Waals surface area contributed by atoms with Gasteiger partial charge in [-0.2, -0.15) is 0 Å². The van der Waals surface area contributed by atoms with Crippen molar-refractivity contribution in [3.63, 3.8) is 0 Å². The van der Waals surface area contributed by atoms with Gasteiger partial charge in [0.25, 0.3) is 0 Å². The molecule has 2 N–H and O–H groups in total. The van der Waals surface area contributed by atoms with Gasteiger partial charge in [-0.05, 0) is 36.8 Å². The van der Waals surface area contributed by atoms with Crippen LogP contribution < -0.4 is 10.2 Å². The number of ether oxygens (including phenoxy) is 1. The van der Waals surface area contributed by atoms with Gasteiger partial charge in [-0.3, -0.25) is 4.90 Å². The highest BCUT2D eigenvalue weighted by molar-refractivity contribution is 6.00. The lowest BCUT2D eigenvalue weighted by atomic mass is 10.1. The minimum atomic E-state index is -1.06. The van der Waals surface area contributed by atoms with Gasteiger partial charge in [0.2, 0.25) is 0 Å². The molecule has 1 aliphatic heterocycles. The lowest BCUT2D eigenvalue weighted by Crippen LogP contribution is -2.46. The zero-order valence-corrected chi connectivity index (χ0v) is 19.1. The molecular formula is C26H28N4O4. The van der Waals surface area contributed by atoms with E-state index in [1.54, 1.807) is 43.5 Å². The van der Waals surface area contributed by atoms with E-state index in [1.807, 2.05) is 23.1 Å². The van der Waals surface area contributed by atoms with Crippen LogP contribution in [0.1, 0.15) is 33.2 Å². The van der Waals surface area contributed by atoms with Crippen molar-refractivity contribution in [2.24, 2.45) is 0 Å². The van der Waals surface area contributed by atoms with Gasteiger partial charge in [-0.15, -0.1) is 0 Å². The second-order valence-electron chi connectivity index (χ2n) is 8.04. The standard InChI is InChI=1S/C26H28N4O4/c1-2-34-26(33)20-9-6-10-21(17-20)28-22-11-12-27-24(23(22)25(31)32)30-15-13-29(14-16-30)18-19-7-4-3-5-8-19/h3-12,17H,2,13-16,18H2,1H3,(H,27,28)(H,31,32). The number of pyridine rings is 1. The molecule has 1 saturated heterocycles. The maximum absolute atomic E-state index is 12.3. The molecular weight excluding hydrogens is 432 g/mol. The topological polar surface area (TPSA) is 95.0 Å². The van der Waals surface area contributed by atoms with Gasteiger partial charge in [0.05, 0.1) is 17.9 Å². The average molecular weight is 461 g/mol. The summed E-state index contributed by atoms with van der Waals surface area (Å²) in [6, 6.07) is 18.8. The maximum Gasteiger partial charge on any atom is 0.341 e. The van der Waals surface area contributed by atoms with E-state index in [9.17, 15) is 14.7 Å². The van der Waals surface area contributed by atoms with Crippen molar-refractivity contribution in [1.29, 1.82) is 0 Å². The van der Waals surface area contributed by atoms with Crippen LogP contribution >= 0.6 is 0 Å². The Labute approximate surface area is 198 Å². The van der Waals surface area contributed by atoms with Crippen LogP contribution in [0.25, 0.3) is 0 Å². The zero-order chi connectivity index (χ0) is 23.9. The van der Waals surface area contributed by atoms with Crippen LogP contribution in [-0.4, -0.2) is 59.7 Å². The molecule has 1 aliphatic rings. The van der Waals surface area contributed by atoms with E-state index in [1.165, 1.54) is 5.56 Å². The summed E-state index contributed by atoms with van der Waals surface area (Å²) in [5.74, 6) is -1.04. The SMILES string of the molecule is CCOC(=O)c1cccc(Nc2ccnc(N3CCN(Cc4ccccc4)CC3)c2C(=O)O)c1. The van der Waals surface area contributed by atoms with Crippen molar-refractivity contribution < 1.29 is 19.4 Å². The first-order valence-electron chi connectivity index (χ1n) is 11.3. The van der Waals surface area contributed by atoms with Crippen LogP contribution in [0.3, 0.4) is 0 Å². The molecule has 2 heterocycles. The molecule has 8 heteroatoms. The van der Waals surface area contributed by atoms with E-state index < -0.39 is 11.9 Å². The Kier molecular flexibility index (Phi) is 7.39. The molecule has 0 bridgehead atoms. The van der Waals surface area contributed by atoms with Crippen molar-refractivity contribution in [3.8, 4) is 0 Å². The summed E-state index contributed by atoms with van der Waals surface area (Å²) in [6.45, 7) is 5.89. The fourth-order valence-corrected chi connectivity index (χ4v) is 4.06. The number of nitrogens with zero attached hydrogens (tertiary/aromatic N) is 3. The highest BCUT2D eigenvalue weighted by Crippen LogP contribution is 2.29. The molecule has 176 valence electrons. The van der Waals surface area contributed by atoms with Crippen LogP contribution in [-0.2, 0) is 11.3 Å². The number of rotatable bonds is 8. The Bertz CT molecular complexity index is 1140. The molecule has 0 amide bonds. The Hall–Kier alpha value is -3.91. The third kappa shape index (κ3) is 5.52. The van der Waals surface area contributed by atoms with Crippen molar-refractivity contribution in [2.75, 3.05) is 43.0 Å². The molecule has 1 aromatic heterocycles. The number of carbonyl (C=O) groups excluding carboxylic acids is 1. The summed E-state index contributed by atoms with van der Waals surface area (Å²) >= 11 is 0. The molecule has 4 rings (SSSR count). The summed E-state index contributed by atoms with van der Waals surface area (Å²) in [7, 11) is 0. The fourth-order valence-electron chi connectivity index (χ4n) is 4.06. The first kappa shape index (κ1) is 23.3. The summed E-state index contributed by atoms with van der Waals surface area (Å²) < 4.78 is 5.06. The highest BCUT2D eigenvalue weighted by Gasteiger charge is 2.25. The number of carboxylic acids is 1. The molecule has 0 unspecified atom stereocenters. The number of carbonyl (C=O) groups is 2. The van der Waals surface area contributed by atoms with Gasteiger partial charge in [0.15, 0.2) is 0 Å². The number of hydrogen-bond donors (Lipinski definition) is 2. The minimum Gasteiger partial charge on any atom is -0.477 e. The van der Waals surface area contributed by atoms with Gasteiger partial charge in [0, 0.05) is 44.6 Å². The summed E-state index contributed by atoms with van der Waals surface area (Å²) in [5, 5.41) is 13.2. The number of benzene rings is 2. The second kappa shape index (κ2) is 10.8. The fraction of sp³-hybridized carbons (Fsp3) is 0.269. The second-order valence-corrected chi connectivity index (χ2v) is 8.04. The van der Waals surface area contributed by atoms with E-state index in [2.05, 4.69) is 27.3 Å². The number of piperazine rings is 1. The summed E-state index contributed by atoms with van der Waals surface area (Å²) in [5.41, 5.74) is 2.78. The van der Waals surface area contributed by atoms with E-state index in [-0.39, 0.29) is 12.2 Å². The molecule has 0 radical (unpaired) electrons. The molecule has 3 aromatic rings. The van der Waals surface area contributed by atoms with E-state index in [0.29, 0.717) is 35.8 Å². The zero-order valence-electron chi connectivity index (χ0n) is 19.1. The van der Waals surface area contributed by atoms with Gasteiger partial charge in [-0.1, -0.05) is 36.4 Å². The number of esters is 1. The quantitative estimate of drug-likeness (QED) is 0.487. The maximum atomic E-state index is 12.3. The Morgan fingerprint density at radius 1 is 1.03 bits per heavy atom. The van der Waals surface area contributed by atoms with Gasteiger partial charge < -0.3 is 20.1 Å². The monoisotopic (exact) mass is 460 g/mol. The van der Waals surface area contributed by atoms with E-state index >= 15 is 0 Å². The number of hydrogen-bond acceptors (Lipinski definition) is 7. The van der Waals surface area contributed by atoms with Crippen LogP contribution in [0.15, 0.2) is 66.9 Å². The van der Waals surface area contributed by atoms with Gasteiger partial charge >= 0.3 is 11.9 Å². The number of anilines is 3. The third-order valence-corrected chi connectivity index (χ3v) is 5.72. The molecule has 8 nitrogen and oxygen atoms in total. The Morgan fingerprint density at radius 3 is 2.50 bits per heavy atom. The van der Waals surface area contributed by atoms with E-state index in [4.69, 9.17) is 4.74 Å². The number of carboxylic acid groups (broad SMARTS) is 1. The normalized spacial score (nSPS) is 14.0. The van der Waals surface area contributed by atoms with Gasteiger partial charge in [-0.25, -0.2) is 14.6 Å². The smallest absolute Gasteiger partial charge is 0.341 e. The van der Waals surface area contributed by atoms with Crippen molar-refractivity contribution in [2.45, 2.75) is 13.5 Å². The lowest BCUT2D eigenvalue weighted by Gasteiger charge is -2.36. The molecule has 1 fully saturated rings. The summed E-state index contributed by atoms with van der Waals surface area (Å²) in [6.07, 6.45) is 1.61. The van der Waals surface area contributed by atoms with Crippen molar-refractivity contribution in [3.05, 3.63) is 83.6 Å². The number of nitrogens with one attached hydrogen (secondary N) is 1. The Morgan fingerprint density at radius 2 is 1.79 bits per heavy atom. The summed E-state index contributed by atoms with van der Waals surface area (Å²) in [4.78, 5) is 33.1. The molecule has 0 saturated carbocycles. The first-order valence-corrected chi connectivity index (χ1v) is 11.3. The van der Waals surface area contributed by atoms with Crippen molar-refractivity contribution in [1.82, 2.24) is 9.88 Å². The number of aromatic carboxylic acids is 1. The van der Waals surface area contributed by atoms with Crippen LogP contribution in [0.4, 0.5) is 17.2 Å². The minimum absolute atomic E-state index is 0.112. The molecule has 0 atom stereocenters. The molecule has 0 spiro atoms. The highest BCUT2D eigenvalue weighted by atomic mass is 16.5. The Balaban J connectivity index is 1.50. The lowest BCUT2D eigenvalue weighted by molar-refractivity contribution is 0.0526. The predicted octanol–water partition coefficient (Wildman–Crippen LogP) is 4.02. The van der Waals surface area contributed by atoms with Crippen molar-refractivity contribution >= 4 is 29.1 Å². The number of aromatic nitrogens is 1. The van der Waals surface area contributed by atoms with Gasteiger partial charge in [0.1, 0.15) is 11.4 Å². The molecule has 0 aliphatic carbocycles. The van der Waals surface area contributed by atoms with Crippen LogP contribution in [0.5, 0.6) is 0 Å². The largest absolute Gasteiger partial charge is 0.477 e. The van der Waals surface area contributed by atoms with Crippen LogP contribution in [0.2, 0.25) is 0 Å². The molecule has 2 aromatic carbocycles. The van der Waals surface area contributed by atoms with E-state index in [0.717, 1.165) is 19.6 Å². The third-order valence-electron chi connectivity index (χ3n) is 5.72. The molecule has 34 heavy (non-hydrogen) atoms. The predicted molar refractivity (Wildman–Crippen MR) is 131 cm³/mol. The first-order chi connectivity index (χ1) is 16.5. The van der Waals surface area contributed by atoms with Crippen LogP contribution in [0, 0.1) is 0 Å². The average Bonchev–Trinajstić information content (AvgIpc) is 2.85.